The first-order valence-electron chi connectivity index (χ1n) is 19.7. The molecule has 55 heavy (non-hydrogen) atoms. The average molecular weight is 717 g/mol. The van der Waals surface area contributed by atoms with Gasteiger partial charge in [-0.3, -0.25) is 0 Å². The van der Waals surface area contributed by atoms with E-state index in [9.17, 15) is 0 Å². The highest BCUT2D eigenvalue weighted by Crippen LogP contribution is 2.48. The average Bonchev–Trinajstić information content (AvgIpc) is 3.81. The monoisotopic (exact) mass is 716 g/mol. The van der Waals surface area contributed by atoms with E-state index in [1.54, 1.807) is 0 Å². The minimum absolute atomic E-state index is 0.00514. The predicted octanol–water partition coefficient (Wildman–Crippen LogP) is 12.6. The normalized spacial score (nSPS) is 14.2. The van der Waals surface area contributed by atoms with Gasteiger partial charge in [0.1, 0.15) is 22.4 Å². The summed E-state index contributed by atoms with van der Waals surface area (Å²) in [7, 11) is 0. The number of benzene rings is 6. The van der Waals surface area contributed by atoms with Gasteiger partial charge in [-0.05, 0) is 92.5 Å². The summed E-state index contributed by atoms with van der Waals surface area (Å²) in [6.45, 7) is 20.4. The molecular weight excluding hydrogens is 671 g/mol. The number of rotatable bonds is 1. The van der Waals surface area contributed by atoms with Crippen molar-refractivity contribution < 1.29 is 8.83 Å². The summed E-state index contributed by atoms with van der Waals surface area (Å²) in [6, 6.07) is 40.9. The number of nitrogens with zero attached hydrogens (tertiary/aromatic N) is 2. The molecule has 2 aliphatic rings. The van der Waals surface area contributed by atoms with Gasteiger partial charge >= 0.3 is 6.85 Å². The maximum Gasteiger partial charge on any atom is 0.375 e. The number of fused-ring (bicyclic) bond motifs is 13. The molecule has 0 saturated heterocycles. The van der Waals surface area contributed by atoms with Gasteiger partial charge in [0.15, 0.2) is 0 Å². The molecule has 0 fully saturated rings. The van der Waals surface area contributed by atoms with Crippen LogP contribution in [0.5, 0.6) is 0 Å². The van der Waals surface area contributed by atoms with E-state index in [1.165, 1.54) is 55.3 Å². The third-order valence-corrected chi connectivity index (χ3v) is 12.4. The fraction of sp³-hybridized carbons (Fsp3) is 0.240. The summed E-state index contributed by atoms with van der Waals surface area (Å²) >= 11 is 0. The Morgan fingerprint density at radius 1 is 0.491 bits per heavy atom. The van der Waals surface area contributed by atoms with Crippen molar-refractivity contribution in [3.05, 3.63) is 126 Å². The molecule has 0 spiro atoms. The third kappa shape index (κ3) is 4.47. The fourth-order valence-corrected chi connectivity index (χ4v) is 9.43. The fourth-order valence-electron chi connectivity index (χ4n) is 9.43. The second-order valence-electron chi connectivity index (χ2n) is 19.0. The molecule has 0 N–H and O–H groups in total. The molecule has 0 radical (unpaired) electrons. The van der Waals surface area contributed by atoms with Crippen molar-refractivity contribution in [1.82, 2.24) is 4.57 Å². The van der Waals surface area contributed by atoms with Crippen molar-refractivity contribution in [3.8, 4) is 16.8 Å². The Morgan fingerprint density at radius 2 is 1.16 bits per heavy atom. The van der Waals surface area contributed by atoms with Crippen LogP contribution in [-0.4, -0.2) is 11.4 Å². The molecule has 9 aromatic rings. The summed E-state index contributed by atoms with van der Waals surface area (Å²) in [5.74, 6) is 0. The molecule has 0 amide bonds. The zero-order valence-corrected chi connectivity index (χ0v) is 33.2. The minimum atomic E-state index is -0.187. The van der Waals surface area contributed by atoms with Crippen molar-refractivity contribution in [2.75, 3.05) is 4.81 Å². The zero-order chi connectivity index (χ0) is 37.9. The van der Waals surface area contributed by atoms with Crippen LogP contribution in [0.15, 0.2) is 118 Å². The Morgan fingerprint density at radius 3 is 1.91 bits per heavy atom. The van der Waals surface area contributed by atoms with Gasteiger partial charge in [-0.1, -0.05) is 117 Å². The van der Waals surface area contributed by atoms with Crippen LogP contribution < -0.4 is 15.9 Å². The molecule has 270 valence electrons. The lowest BCUT2D eigenvalue weighted by atomic mass is 9.46. The Hall–Kier alpha value is -5.68. The molecule has 2 aliphatic heterocycles. The van der Waals surface area contributed by atoms with Crippen LogP contribution in [0.1, 0.15) is 79.0 Å². The third-order valence-electron chi connectivity index (χ3n) is 12.4. The van der Waals surface area contributed by atoms with Gasteiger partial charge in [0.05, 0.1) is 16.7 Å². The molecule has 5 heteroatoms. The maximum absolute atomic E-state index is 7.23. The maximum atomic E-state index is 7.23. The highest BCUT2D eigenvalue weighted by Gasteiger charge is 2.47. The van der Waals surface area contributed by atoms with Gasteiger partial charge in [-0.2, -0.15) is 0 Å². The first kappa shape index (κ1) is 32.7. The Labute approximate surface area is 322 Å². The summed E-state index contributed by atoms with van der Waals surface area (Å²) in [5.41, 5.74) is 17.3. The molecular formula is C50H45BN2O2. The van der Waals surface area contributed by atoms with Crippen LogP contribution in [0.3, 0.4) is 0 Å². The van der Waals surface area contributed by atoms with E-state index in [4.69, 9.17) is 8.83 Å². The molecule has 0 saturated carbocycles. The molecule has 5 heterocycles. The molecule has 0 aliphatic carbocycles. The topological polar surface area (TPSA) is 34.5 Å². The highest BCUT2D eigenvalue weighted by molar-refractivity contribution is 6.93. The summed E-state index contributed by atoms with van der Waals surface area (Å²) in [4.78, 5) is 2.56. The second-order valence-corrected chi connectivity index (χ2v) is 19.0. The molecule has 4 nitrogen and oxygen atoms in total. The second kappa shape index (κ2) is 10.5. The van der Waals surface area contributed by atoms with Crippen molar-refractivity contribution in [3.63, 3.8) is 0 Å². The first-order valence-corrected chi connectivity index (χ1v) is 19.7. The van der Waals surface area contributed by atoms with Crippen LogP contribution in [0, 0.1) is 0 Å². The smallest absolute Gasteiger partial charge is 0.375 e. The highest BCUT2D eigenvalue weighted by atomic mass is 16.3. The van der Waals surface area contributed by atoms with E-state index < -0.39 is 0 Å². The van der Waals surface area contributed by atoms with E-state index in [-0.39, 0.29) is 23.1 Å². The summed E-state index contributed by atoms with van der Waals surface area (Å²) in [5, 5.41) is 5.89. The lowest BCUT2D eigenvalue weighted by molar-refractivity contribution is 0.590. The van der Waals surface area contributed by atoms with Crippen molar-refractivity contribution in [2.45, 2.75) is 78.6 Å². The van der Waals surface area contributed by atoms with Gasteiger partial charge in [0.25, 0.3) is 0 Å². The van der Waals surface area contributed by atoms with Crippen LogP contribution >= 0.6 is 0 Å². The molecule has 6 aromatic carbocycles. The Kier molecular flexibility index (Phi) is 6.27. The largest absolute Gasteiger partial charge is 0.466 e. The molecule has 0 atom stereocenters. The van der Waals surface area contributed by atoms with Crippen LogP contribution in [0.2, 0.25) is 0 Å². The molecule has 11 rings (SSSR count). The Bertz CT molecular complexity index is 3100. The molecule has 0 bridgehead atoms. The van der Waals surface area contributed by atoms with E-state index in [2.05, 4.69) is 175 Å². The van der Waals surface area contributed by atoms with Gasteiger partial charge in [-0.15, -0.1) is 0 Å². The number of anilines is 2. The predicted molar refractivity (Wildman–Crippen MR) is 233 cm³/mol. The summed E-state index contributed by atoms with van der Waals surface area (Å²) < 4.78 is 16.3. The van der Waals surface area contributed by atoms with Gasteiger partial charge in [-0.25, -0.2) is 0 Å². The van der Waals surface area contributed by atoms with Crippen molar-refractivity contribution in [1.29, 1.82) is 0 Å². The van der Waals surface area contributed by atoms with Crippen molar-refractivity contribution >= 4 is 84.1 Å². The van der Waals surface area contributed by atoms with Gasteiger partial charge in [0, 0.05) is 49.9 Å². The molecule has 0 unspecified atom stereocenters. The number of hydrogen-bond acceptors (Lipinski definition) is 3. The van der Waals surface area contributed by atoms with E-state index >= 15 is 0 Å². The van der Waals surface area contributed by atoms with Crippen LogP contribution in [0.4, 0.5) is 11.4 Å². The lowest BCUT2D eigenvalue weighted by Crippen LogP contribution is -2.60. The number of para-hydroxylation sites is 1. The summed E-state index contributed by atoms with van der Waals surface area (Å²) in [6.07, 6.45) is 0. The SMILES string of the molecule is CC(C)(C)c1ccc(N2B3c4oc5ccc(C(C)(C)C)cc5c4-n4c5cc6oc7ccccc7c6cc5c5ccc(c3c54)-c3cc(C(C)(C)C)ccc32)cc1. The van der Waals surface area contributed by atoms with Gasteiger partial charge in [0.2, 0.25) is 0 Å². The Balaban J connectivity index is 1.32. The standard InChI is InChI=1S/C50H45BN2O2/c1-48(2,3)28-14-18-31(19-15-28)53-39-22-16-29(49(4,5)6)24-35(39)33-20-21-34-36-26-37-32-12-10-11-13-41(32)54-43(37)27-40(36)52-45(34)44(33)51(53)47-46(52)38-25-30(50(7,8)9)17-23-42(38)55-47/h10-27H,1-9H3. The van der Waals surface area contributed by atoms with Crippen LogP contribution in [0.25, 0.3) is 71.5 Å². The number of furan rings is 2. The first-order chi connectivity index (χ1) is 26.2. The van der Waals surface area contributed by atoms with Crippen molar-refractivity contribution in [2.24, 2.45) is 0 Å². The van der Waals surface area contributed by atoms with Gasteiger partial charge < -0.3 is 18.2 Å². The quantitative estimate of drug-likeness (QED) is 0.159. The lowest BCUT2D eigenvalue weighted by Gasteiger charge is -2.41. The molecule has 3 aromatic heterocycles. The van der Waals surface area contributed by atoms with E-state index in [0.29, 0.717) is 0 Å². The van der Waals surface area contributed by atoms with Crippen LogP contribution in [-0.2, 0) is 16.2 Å². The van der Waals surface area contributed by atoms with E-state index in [0.717, 1.165) is 55.5 Å². The number of aromatic nitrogens is 1. The number of hydrogen-bond donors (Lipinski definition) is 0. The minimum Gasteiger partial charge on any atom is -0.466 e. The van der Waals surface area contributed by atoms with E-state index in [1.807, 2.05) is 6.07 Å². The zero-order valence-electron chi connectivity index (χ0n) is 33.2.